The van der Waals surface area contributed by atoms with E-state index in [1.807, 2.05) is 24.1 Å². The van der Waals surface area contributed by atoms with Crippen LogP contribution in [-0.4, -0.2) is 79.6 Å². The molecule has 10 heteroatoms. The van der Waals surface area contributed by atoms with Gasteiger partial charge in [0.25, 0.3) is 0 Å². The van der Waals surface area contributed by atoms with Crippen molar-refractivity contribution in [3.63, 3.8) is 0 Å². The van der Waals surface area contributed by atoms with Crippen molar-refractivity contribution in [2.45, 2.75) is 31.5 Å². The molecule has 26 heavy (non-hydrogen) atoms. The SMILES string of the molecule is Cc1nc(Cl)nc2c1ncn2[C@@H]1O[C@H](CN(C)C/C=C\CN)[C@@H](O)[C@H]1O. The molecule has 0 unspecified atom stereocenters. The molecule has 0 aromatic carbocycles. The summed E-state index contributed by atoms with van der Waals surface area (Å²) in [4.78, 5) is 14.5. The summed E-state index contributed by atoms with van der Waals surface area (Å²) in [5, 5.41) is 21.0. The van der Waals surface area contributed by atoms with Gasteiger partial charge in [0.1, 0.15) is 23.8 Å². The zero-order chi connectivity index (χ0) is 18.8. The number of rotatable bonds is 6. The van der Waals surface area contributed by atoms with Crippen molar-refractivity contribution in [1.29, 1.82) is 0 Å². The number of imidazole rings is 1. The van der Waals surface area contributed by atoms with Crippen LogP contribution in [0.2, 0.25) is 5.28 Å². The van der Waals surface area contributed by atoms with Crippen LogP contribution in [0.3, 0.4) is 0 Å². The number of aryl methyl sites for hydroxylation is 1. The number of hydrogen-bond donors (Lipinski definition) is 3. The highest BCUT2D eigenvalue weighted by Gasteiger charge is 2.44. The lowest BCUT2D eigenvalue weighted by molar-refractivity contribution is -0.0414. The predicted octanol–water partition coefficient (Wildman–Crippen LogP) is -0.146. The molecular formula is C16H23ClN6O3. The third kappa shape index (κ3) is 3.73. The molecule has 9 nitrogen and oxygen atoms in total. The van der Waals surface area contributed by atoms with E-state index in [0.29, 0.717) is 36.5 Å². The van der Waals surface area contributed by atoms with Crippen molar-refractivity contribution in [1.82, 2.24) is 24.4 Å². The van der Waals surface area contributed by atoms with Crippen LogP contribution in [0.1, 0.15) is 11.9 Å². The number of likely N-dealkylation sites (N-methyl/N-ethyl adjacent to an activating group) is 1. The summed E-state index contributed by atoms with van der Waals surface area (Å²) in [5.41, 5.74) is 7.09. The number of nitrogens with two attached hydrogens (primary N) is 1. The lowest BCUT2D eigenvalue weighted by atomic mass is 10.1. The highest BCUT2D eigenvalue weighted by molar-refractivity contribution is 6.28. The smallest absolute Gasteiger partial charge is 0.224 e. The second kappa shape index (κ2) is 7.95. The number of aliphatic hydroxyl groups excluding tert-OH is 2. The molecule has 0 spiro atoms. The van der Waals surface area contributed by atoms with E-state index < -0.39 is 24.5 Å². The minimum atomic E-state index is -1.11. The van der Waals surface area contributed by atoms with E-state index >= 15 is 0 Å². The molecule has 2 aromatic rings. The Morgan fingerprint density at radius 1 is 1.35 bits per heavy atom. The Kier molecular flexibility index (Phi) is 5.86. The zero-order valence-corrected chi connectivity index (χ0v) is 15.4. The fourth-order valence-electron chi connectivity index (χ4n) is 3.05. The molecule has 0 saturated carbocycles. The second-order valence-corrected chi connectivity index (χ2v) is 6.71. The predicted molar refractivity (Wildman–Crippen MR) is 96.7 cm³/mol. The number of hydrogen-bond acceptors (Lipinski definition) is 8. The van der Waals surface area contributed by atoms with E-state index in [2.05, 4.69) is 15.0 Å². The lowest BCUT2D eigenvalue weighted by Gasteiger charge is -2.21. The first kappa shape index (κ1) is 19.2. The molecule has 0 aliphatic carbocycles. The standard InChI is InChI=1S/C16H23ClN6O3/c1-9-11-14(21-16(17)20-9)23(8-19-11)15-13(25)12(24)10(26-15)7-22(2)6-4-3-5-18/h3-4,8,10,12-13,15,24-25H,5-7,18H2,1-2H3/b4-3-/t10-,12-,13-,15-/m1/s1. The first-order valence-electron chi connectivity index (χ1n) is 8.34. The van der Waals surface area contributed by atoms with Crippen LogP contribution in [-0.2, 0) is 4.74 Å². The molecule has 142 valence electrons. The Hall–Kier alpha value is -1.62. The topological polar surface area (TPSA) is 123 Å². The Bertz CT molecular complexity index is 798. The van der Waals surface area contributed by atoms with Crippen LogP contribution in [0.4, 0.5) is 0 Å². The number of fused-ring (bicyclic) bond motifs is 1. The average molecular weight is 383 g/mol. The Morgan fingerprint density at radius 3 is 2.85 bits per heavy atom. The molecule has 3 heterocycles. The van der Waals surface area contributed by atoms with Crippen LogP contribution in [0.25, 0.3) is 11.2 Å². The maximum absolute atomic E-state index is 10.5. The monoisotopic (exact) mass is 382 g/mol. The van der Waals surface area contributed by atoms with E-state index in [1.54, 1.807) is 11.5 Å². The van der Waals surface area contributed by atoms with E-state index in [0.717, 1.165) is 0 Å². The van der Waals surface area contributed by atoms with Gasteiger partial charge in [-0.1, -0.05) is 12.2 Å². The maximum Gasteiger partial charge on any atom is 0.224 e. The molecular weight excluding hydrogens is 360 g/mol. The van der Waals surface area contributed by atoms with Crippen LogP contribution < -0.4 is 5.73 Å². The lowest BCUT2D eigenvalue weighted by Crippen LogP contribution is -2.38. The van der Waals surface area contributed by atoms with Crippen molar-refractivity contribution < 1.29 is 14.9 Å². The second-order valence-electron chi connectivity index (χ2n) is 6.38. The Labute approximate surface area is 156 Å². The quantitative estimate of drug-likeness (QED) is 0.466. The van der Waals surface area contributed by atoms with E-state index in [-0.39, 0.29) is 5.28 Å². The van der Waals surface area contributed by atoms with Gasteiger partial charge in [-0.05, 0) is 25.6 Å². The normalized spacial score (nSPS) is 26.6. The number of aliphatic hydroxyl groups is 2. The molecule has 0 amide bonds. The summed E-state index contributed by atoms with van der Waals surface area (Å²) in [5.74, 6) is 0. The van der Waals surface area contributed by atoms with E-state index in [9.17, 15) is 10.2 Å². The summed E-state index contributed by atoms with van der Waals surface area (Å²) in [7, 11) is 1.90. The van der Waals surface area contributed by atoms with Crippen LogP contribution in [0.5, 0.6) is 0 Å². The van der Waals surface area contributed by atoms with Gasteiger partial charge in [0.2, 0.25) is 5.28 Å². The van der Waals surface area contributed by atoms with Crippen molar-refractivity contribution in [3.8, 4) is 0 Å². The van der Waals surface area contributed by atoms with Gasteiger partial charge in [-0.2, -0.15) is 4.98 Å². The molecule has 2 aromatic heterocycles. The van der Waals surface area contributed by atoms with Crippen LogP contribution in [0.15, 0.2) is 18.5 Å². The molecule has 1 aliphatic rings. The summed E-state index contributed by atoms with van der Waals surface area (Å²) in [6, 6.07) is 0. The summed E-state index contributed by atoms with van der Waals surface area (Å²) in [6.07, 6.45) is 1.82. The Balaban J connectivity index is 1.79. The molecule has 1 fully saturated rings. The molecule has 0 radical (unpaired) electrons. The highest BCUT2D eigenvalue weighted by atomic mass is 35.5. The minimum absolute atomic E-state index is 0.0905. The molecule has 4 N–H and O–H groups in total. The summed E-state index contributed by atoms with van der Waals surface area (Å²) < 4.78 is 7.51. The zero-order valence-electron chi connectivity index (χ0n) is 14.7. The number of nitrogens with zero attached hydrogens (tertiary/aromatic N) is 5. The van der Waals surface area contributed by atoms with Crippen molar-refractivity contribution in [2.24, 2.45) is 5.73 Å². The van der Waals surface area contributed by atoms with Gasteiger partial charge in [-0.25, -0.2) is 9.97 Å². The third-order valence-electron chi connectivity index (χ3n) is 4.39. The van der Waals surface area contributed by atoms with Gasteiger partial charge in [-0.3, -0.25) is 4.57 Å². The van der Waals surface area contributed by atoms with Gasteiger partial charge in [0.15, 0.2) is 11.9 Å². The van der Waals surface area contributed by atoms with Crippen molar-refractivity contribution in [3.05, 3.63) is 29.5 Å². The van der Waals surface area contributed by atoms with Gasteiger partial charge >= 0.3 is 0 Å². The van der Waals surface area contributed by atoms with E-state index in [4.69, 9.17) is 22.1 Å². The van der Waals surface area contributed by atoms with Crippen molar-refractivity contribution in [2.75, 3.05) is 26.7 Å². The summed E-state index contributed by atoms with van der Waals surface area (Å²) >= 11 is 5.94. The number of aromatic nitrogens is 4. The van der Waals surface area contributed by atoms with Crippen molar-refractivity contribution >= 4 is 22.8 Å². The fourth-order valence-corrected chi connectivity index (χ4v) is 3.26. The molecule has 1 aliphatic heterocycles. The van der Waals surface area contributed by atoms with Crippen LogP contribution >= 0.6 is 11.6 Å². The fraction of sp³-hybridized carbons (Fsp3) is 0.562. The third-order valence-corrected chi connectivity index (χ3v) is 4.56. The number of halogens is 1. The number of ether oxygens (including phenoxy) is 1. The molecule has 3 rings (SSSR count). The first-order valence-corrected chi connectivity index (χ1v) is 8.72. The maximum atomic E-state index is 10.5. The molecule has 4 atom stereocenters. The average Bonchev–Trinajstić information content (AvgIpc) is 3.11. The van der Waals surface area contributed by atoms with Gasteiger partial charge in [0, 0.05) is 19.6 Å². The van der Waals surface area contributed by atoms with E-state index in [1.165, 1.54) is 6.33 Å². The van der Waals surface area contributed by atoms with Gasteiger partial charge < -0.3 is 25.6 Å². The largest absolute Gasteiger partial charge is 0.387 e. The first-order chi connectivity index (χ1) is 12.4. The van der Waals surface area contributed by atoms with Crippen LogP contribution in [0, 0.1) is 6.92 Å². The molecule has 0 bridgehead atoms. The van der Waals surface area contributed by atoms with Gasteiger partial charge in [0.05, 0.1) is 12.0 Å². The van der Waals surface area contributed by atoms with Gasteiger partial charge in [-0.15, -0.1) is 0 Å². The molecule has 1 saturated heterocycles. The summed E-state index contributed by atoms with van der Waals surface area (Å²) in [6.45, 7) is 3.38. The Morgan fingerprint density at radius 2 is 2.12 bits per heavy atom. The highest BCUT2D eigenvalue weighted by Crippen LogP contribution is 2.32. The minimum Gasteiger partial charge on any atom is -0.387 e.